The molecule has 1 unspecified atom stereocenters. The highest BCUT2D eigenvalue weighted by Crippen LogP contribution is 2.43. The summed E-state index contributed by atoms with van der Waals surface area (Å²) in [6.45, 7) is 8.21. The molecule has 0 N–H and O–H groups in total. The highest BCUT2D eigenvalue weighted by Gasteiger charge is 2.37. The fourth-order valence-corrected chi connectivity index (χ4v) is 3.24. The number of aryl methyl sites for hydroxylation is 1. The smallest absolute Gasteiger partial charge is 0.310 e. The number of carbonyl (C=O) groups excluding carboxylic acids is 2. The van der Waals surface area contributed by atoms with E-state index in [9.17, 15) is 9.59 Å². The number of esters is 1. The van der Waals surface area contributed by atoms with E-state index in [4.69, 9.17) is 4.74 Å². The lowest BCUT2D eigenvalue weighted by Crippen LogP contribution is -2.29. The summed E-state index contributed by atoms with van der Waals surface area (Å²) in [5, 5.41) is 0. The molecule has 0 bridgehead atoms. The Bertz CT molecular complexity index is 677. The Kier molecular flexibility index (Phi) is 6.51. The predicted octanol–water partition coefficient (Wildman–Crippen LogP) is 5.00. The lowest BCUT2D eigenvalue weighted by molar-refractivity contribution is -0.140. The van der Waals surface area contributed by atoms with Crippen molar-refractivity contribution in [3.05, 3.63) is 35.3 Å². The van der Waals surface area contributed by atoms with E-state index >= 15 is 0 Å². The molecule has 0 saturated carbocycles. The van der Waals surface area contributed by atoms with Crippen LogP contribution in [0, 0.1) is 12.3 Å². The van der Waals surface area contributed by atoms with Crippen molar-refractivity contribution >= 4 is 17.3 Å². The van der Waals surface area contributed by atoms with E-state index in [1.54, 1.807) is 12.4 Å². The first kappa shape index (κ1) is 19.4. The summed E-state index contributed by atoms with van der Waals surface area (Å²) in [6.07, 6.45) is 8.64. The molecule has 25 heavy (non-hydrogen) atoms. The Balaban J connectivity index is 2.37. The average Bonchev–Trinajstić information content (AvgIpc) is 2.56. The molecule has 1 aliphatic carbocycles. The molecule has 0 radical (unpaired) electrons. The van der Waals surface area contributed by atoms with Gasteiger partial charge in [0.1, 0.15) is 5.76 Å². The van der Waals surface area contributed by atoms with E-state index in [1.165, 1.54) is 0 Å². The standard InChI is InChI=1S/C21H29NO3/c1-5-7-8-9-19(24)25-18-13-21(4,6-2)12-17(23)20(18)16-14-22-11-10-15(16)3/h10-11,14H,5-9,12-13H2,1-4H3. The molecule has 4 heteroatoms. The lowest BCUT2D eigenvalue weighted by atomic mass is 9.72. The van der Waals surface area contributed by atoms with E-state index in [0.29, 0.717) is 30.6 Å². The first-order valence-electron chi connectivity index (χ1n) is 9.28. The molecule has 0 aliphatic heterocycles. The highest BCUT2D eigenvalue weighted by atomic mass is 16.5. The van der Waals surface area contributed by atoms with Crippen LogP contribution in [0.25, 0.3) is 5.57 Å². The maximum atomic E-state index is 12.9. The normalized spacial score (nSPS) is 20.7. The van der Waals surface area contributed by atoms with Crippen molar-refractivity contribution in [3.8, 4) is 0 Å². The summed E-state index contributed by atoms with van der Waals surface area (Å²) in [5.41, 5.74) is 2.13. The number of hydrogen-bond acceptors (Lipinski definition) is 4. The van der Waals surface area contributed by atoms with Crippen LogP contribution in [-0.2, 0) is 14.3 Å². The van der Waals surface area contributed by atoms with Gasteiger partial charge in [-0.1, -0.05) is 33.6 Å². The second-order valence-electron chi connectivity index (χ2n) is 7.36. The third kappa shape index (κ3) is 4.77. The third-order valence-corrected chi connectivity index (χ3v) is 5.12. The number of nitrogens with zero attached hydrogens (tertiary/aromatic N) is 1. The largest absolute Gasteiger partial charge is 0.430 e. The zero-order valence-electron chi connectivity index (χ0n) is 15.9. The molecule has 1 aromatic rings. The van der Waals surface area contributed by atoms with Crippen molar-refractivity contribution in [2.24, 2.45) is 5.41 Å². The lowest BCUT2D eigenvalue weighted by Gasteiger charge is -2.34. The molecule has 0 aromatic carbocycles. The van der Waals surface area contributed by atoms with Gasteiger partial charge in [-0.05, 0) is 36.8 Å². The second kappa shape index (κ2) is 8.41. The minimum Gasteiger partial charge on any atom is -0.430 e. The van der Waals surface area contributed by atoms with Crippen LogP contribution < -0.4 is 0 Å². The SMILES string of the molecule is CCCCCC(=O)OC1=C(c2cnccc2C)C(=O)CC(C)(CC)C1. The van der Waals surface area contributed by atoms with Gasteiger partial charge in [0.25, 0.3) is 0 Å². The molecule has 4 nitrogen and oxygen atoms in total. The summed E-state index contributed by atoms with van der Waals surface area (Å²) in [6, 6.07) is 1.88. The van der Waals surface area contributed by atoms with Gasteiger partial charge in [-0.25, -0.2) is 0 Å². The number of pyridine rings is 1. The van der Waals surface area contributed by atoms with Gasteiger partial charge in [0.15, 0.2) is 5.78 Å². The topological polar surface area (TPSA) is 56.3 Å². The van der Waals surface area contributed by atoms with Gasteiger partial charge in [-0.3, -0.25) is 14.6 Å². The van der Waals surface area contributed by atoms with Gasteiger partial charge in [0, 0.05) is 37.2 Å². The number of aromatic nitrogens is 1. The predicted molar refractivity (Wildman–Crippen MR) is 98.8 cm³/mol. The van der Waals surface area contributed by atoms with Crippen LogP contribution in [-0.4, -0.2) is 16.7 Å². The first-order valence-corrected chi connectivity index (χ1v) is 9.28. The van der Waals surface area contributed by atoms with Crippen molar-refractivity contribution in [1.29, 1.82) is 0 Å². The number of ketones is 1. The summed E-state index contributed by atoms with van der Waals surface area (Å²) in [5.74, 6) is 0.330. The first-order chi connectivity index (χ1) is 11.9. The fourth-order valence-electron chi connectivity index (χ4n) is 3.24. The summed E-state index contributed by atoms with van der Waals surface area (Å²) >= 11 is 0. The number of rotatable bonds is 7. The number of ether oxygens (including phenoxy) is 1. The third-order valence-electron chi connectivity index (χ3n) is 5.12. The maximum absolute atomic E-state index is 12.9. The Labute approximate surface area is 150 Å². The average molecular weight is 343 g/mol. The maximum Gasteiger partial charge on any atom is 0.310 e. The van der Waals surface area contributed by atoms with Crippen LogP contribution in [0.1, 0.15) is 76.8 Å². The molecule has 0 saturated heterocycles. The zero-order valence-corrected chi connectivity index (χ0v) is 15.9. The zero-order chi connectivity index (χ0) is 18.4. The molecule has 2 rings (SSSR count). The fraction of sp³-hybridized carbons (Fsp3) is 0.571. The van der Waals surface area contributed by atoms with Crippen LogP contribution in [0.3, 0.4) is 0 Å². The van der Waals surface area contributed by atoms with Crippen molar-refractivity contribution in [2.45, 2.75) is 72.6 Å². The van der Waals surface area contributed by atoms with E-state index in [1.807, 2.05) is 13.0 Å². The van der Waals surface area contributed by atoms with Gasteiger partial charge in [0.2, 0.25) is 0 Å². The second-order valence-corrected chi connectivity index (χ2v) is 7.36. The van der Waals surface area contributed by atoms with Crippen molar-refractivity contribution < 1.29 is 14.3 Å². The highest BCUT2D eigenvalue weighted by molar-refractivity contribution is 6.22. The molecular weight excluding hydrogens is 314 g/mol. The molecule has 1 aliphatic rings. The number of carbonyl (C=O) groups is 2. The van der Waals surface area contributed by atoms with E-state index in [-0.39, 0.29) is 17.2 Å². The molecule has 0 spiro atoms. The van der Waals surface area contributed by atoms with E-state index in [2.05, 4.69) is 25.8 Å². The monoisotopic (exact) mass is 343 g/mol. The van der Waals surface area contributed by atoms with Crippen molar-refractivity contribution in [3.63, 3.8) is 0 Å². The molecular formula is C21H29NO3. The minimum absolute atomic E-state index is 0.0445. The van der Waals surface area contributed by atoms with Gasteiger partial charge in [-0.15, -0.1) is 0 Å². The molecule has 1 heterocycles. The Morgan fingerprint density at radius 3 is 2.68 bits per heavy atom. The van der Waals surface area contributed by atoms with Crippen molar-refractivity contribution in [1.82, 2.24) is 4.98 Å². The quantitative estimate of drug-likeness (QED) is 0.516. The van der Waals surface area contributed by atoms with Crippen molar-refractivity contribution in [2.75, 3.05) is 0 Å². The minimum atomic E-state index is -0.240. The van der Waals surface area contributed by atoms with Crippen LogP contribution in [0.4, 0.5) is 0 Å². The number of allylic oxidation sites excluding steroid dienone is 2. The number of hydrogen-bond donors (Lipinski definition) is 0. The summed E-state index contributed by atoms with van der Waals surface area (Å²) in [4.78, 5) is 29.3. The summed E-state index contributed by atoms with van der Waals surface area (Å²) in [7, 11) is 0. The molecule has 1 atom stereocenters. The van der Waals surface area contributed by atoms with E-state index in [0.717, 1.165) is 36.8 Å². The van der Waals surface area contributed by atoms with Gasteiger partial charge >= 0.3 is 5.97 Å². The number of unbranched alkanes of at least 4 members (excludes halogenated alkanes) is 2. The van der Waals surface area contributed by atoms with Gasteiger partial charge in [0.05, 0.1) is 5.57 Å². The molecule has 1 aromatic heterocycles. The van der Waals surface area contributed by atoms with Gasteiger partial charge < -0.3 is 4.74 Å². The van der Waals surface area contributed by atoms with Crippen LogP contribution in [0.5, 0.6) is 0 Å². The Morgan fingerprint density at radius 2 is 2.04 bits per heavy atom. The summed E-state index contributed by atoms with van der Waals surface area (Å²) < 4.78 is 5.72. The van der Waals surface area contributed by atoms with Crippen LogP contribution in [0.15, 0.2) is 24.2 Å². The van der Waals surface area contributed by atoms with Crippen LogP contribution >= 0.6 is 0 Å². The Morgan fingerprint density at radius 1 is 1.28 bits per heavy atom. The molecule has 0 fully saturated rings. The molecule has 136 valence electrons. The van der Waals surface area contributed by atoms with E-state index < -0.39 is 0 Å². The molecule has 0 amide bonds. The van der Waals surface area contributed by atoms with Gasteiger partial charge in [-0.2, -0.15) is 0 Å². The van der Waals surface area contributed by atoms with Crippen LogP contribution in [0.2, 0.25) is 0 Å². The Hall–Kier alpha value is -1.97. The number of Topliss-reactive ketones (excluding diaryl/α,β-unsaturated/α-hetero) is 1.